The minimum absolute atomic E-state index is 0.00188. The van der Waals surface area contributed by atoms with Crippen LogP contribution in [0.2, 0.25) is 0 Å². The molecule has 0 spiro atoms. The van der Waals surface area contributed by atoms with Gasteiger partial charge in [-0.3, -0.25) is 10.1 Å². The highest BCUT2D eigenvalue weighted by molar-refractivity contribution is 6.03. The first-order chi connectivity index (χ1) is 16.2. The summed E-state index contributed by atoms with van der Waals surface area (Å²) in [5, 5.41) is 10.4. The molecule has 0 fully saturated rings. The van der Waals surface area contributed by atoms with Gasteiger partial charge < -0.3 is 13.6 Å². The van der Waals surface area contributed by atoms with Gasteiger partial charge in [-0.25, -0.2) is 0 Å². The Bertz CT molecular complexity index is 1390. The van der Waals surface area contributed by atoms with Crippen molar-refractivity contribution in [1.29, 1.82) is 0 Å². The minimum atomic E-state index is -0.350. The molecule has 0 saturated heterocycles. The average molecular weight is 437 g/mol. The van der Waals surface area contributed by atoms with E-state index in [2.05, 4.69) is 15.5 Å². The fourth-order valence-corrected chi connectivity index (χ4v) is 3.51. The Morgan fingerprint density at radius 2 is 1.67 bits per heavy atom. The topological polar surface area (TPSA) is 90.4 Å². The van der Waals surface area contributed by atoms with Gasteiger partial charge in [0.2, 0.25) is 0 Å². The Morgan fingerprint density at radius 3 is 2.45 bits per heavy atom. The number of nitrogens with one attached hydrogen (secondary N) is 1. The summed E-state index contributed by atoms with van der Waals surface area (Å²) in [6.07, 6.45) is 1.51. The van der Waals surface area contributed by atoms with Crippen LogP contribution in [-0.4, -0.2) is 23.2 Å². The number of amides is 1. The number of para-hydroxylation sites is 1. The summed E-state index contributed by atoms with van der Waals surface area (Å²) < 4.78 is 16.1. The van der Waals surface area contributed by atoms with Gasteiger partial charge in [0.15, 0.2) is 5.76 Å². The normalized spacial score (nSPS) is 10.7. The summed E-state index contributed by atoms with van der Waals surface area (Å²) in [6, 6.07) is 26.7. The number of furan rings is 1. The molecule has 5 rings (SSSR count). The lowest BCUT2D eigenvalue weighted by molar-refractivity contribution is 0.102. The van der Waals surface area contributed by atoms with Crippen LogP contribution in [0.5, 0.6) is 5.75 Å². The van der Waals surface area contributed by atoms with Crippen LogP contribution in [0.25, 0.3) is 33.9 Å². The predicted molar refractivity (Wildman–Crippen MR) is 124 cm³/mol. The fraction of sp³-hybridized carbons (Fsp3) is 0.0385. The van der Waals surface area contributed by atoms with E-state index in [-0.39, 0.29) is 17.8 Å². The van der Waals surface area contributed by atoms with Crippen LogP contribution in [0.4, 0.5) is 6.01 Å². The SMILES string of the molecule is COc1ccccc1-c1ccc(-c2cccc(C(=O)Nc3nnc(-c4ccco4)o3)c2)cc1. The lowest BCUT2D eigenvalue weighted by atomic mass is 9.98. The molecule has 0 aliphatic rings. The monoisotopic (exact) mass is 437 g/mol. The summed E-state index contributed by atoms with van der Waals surface area (Å²) in [5.41, 5.74) is 4.44. The number of nitrogens with zero attached hydrogens (tertiary/aromatic N) is 2. The van der Waals surface area contributed by atoms with Crippen molar-refractivity contribution < 1.29 is 18.4 Å². The standard InChI is InChI=1S/C26H19N3O4/c1-31-22-9-3-2-8-21(22)18-13-11-17(12-14-18)19-6-4-7-20(16-19)24(30)27-26-29-28-25(33-26)23-10-5-15-32-23/h2-16H,1H3,(H,27,29,30). The predicted octanol–water partition coefficient (Wildman–Crippen LogP) is 5.92. The van der Waals surface area contributed by atoms with Crippen LogP contribution >= 0.6 is 0 Å². The molecular formula is C26H19N3O4. The third-order valence-corrected chi connectivity index (χ3v) is 5.14. The Kier molecular flexibility index (Phi) is 5.43. The molecule has 0 saturated carbocycles. The summed E-state index contributed by atoms with van der Waals surface area (Å²) >= 11 is 0. The van der Waals surface area contributed by atoms with Crippen LogP contribution in [0.15, 0.2) is 100 Å². The number of rotatable bonds is 6. The summed E-state index contributed by atoms with van der Waals surface area (Å²) in [6.45, 7) is 0. The molecule has 2 heterocycles. The minimum Gasteiger partial charge on any atom is -0.496 e. The Morgan fingerprint density at radius 1 is 0.848 bits per heavy atom. The van der Waals surface area contributed by atoms with Crippen LogP contribution in [0, 0.1) is 0 Å². The van der Waals surface area contributed by atoms with E-state index in [9.17, 15) is 4.79 Å². The van der Waals surface area contributed by atoms with E-state index >= 15 is 0 Å². The van der Waals surface area contributed by atoms with E-state index in [1.54, 1.807) is 25.3 Å². The molecular weight excluding hydrogens is 418 g/mol. The van der Waals surface area contributed by atoms with Gasteiger partial charge in [-0.2, -0.15) is 0 Å². The second-order valence-corrected chi connectivity index (χ2v) is 7.20. The number of carbonyl (C=O) groups excluding carboxylic acids is 1. The third-order valence-electron chi connectivity index (χ3n) is 5.14. The maximum atomic E-state index is 12.7. The molecule has 7 heteroatoms. The first-order valence-corrected chi connectivity index (χ1v) is 10.2. The van der Waals surface area contributed by atoms with Gasteiger partial charge in [-0.05, 0) is 47.0 Å². The van der Waals surface area contributed by atoms with E-state index in [4.69, 9.17) is 13.6 Å². The van der Waals surface area contributed by atoms with Gasteiger partial charge >= 0.3 is 6.01 Å². The molecule has 0 atom stereocenters. The summed E-state index contributed by atoms with van der Waals surface area (Å²) in [4.78, 5) is 12.7. The first kappa shape index (κ1) is 20.3. The zero-order valence-corrected chi connectivity index (χ0v) is 17.7. The highest BCUT2D eigenvalue weighted by Crippen LogP contribution is 2.31. The van der Waals surface area contributed by atoms with Crippen LogP contribution in [0.3, 0.4) is 0 Å². The van der Waals surface area contributed by atoms with Gasteiger partial charge in [0, 0.05) is 11.1 Å². The number of carbonyl (C=O) groups is 1. The van der Waals surface area contributed by atoms with Crippen molar-refractivity contribution in [3.05, 3.63) is 96.8 Å². The van der Waals surface area contributed by atoms with Crippen molar-refractivity contribution in [1.82, 2.24) is 10.2 Å². The Hall–Kier alpha value is -4.65. The van der Waals surface area contributed by atoms with Gasteiger partial charge in [0.05, 0.1) is 13.4 Å². The highest BCUT2D eigenvalue weighted by Gasteiger charge is 2.15. The quantitative estimate of drug-likeness (QED) is 0.354. The molecule has 33 heavy (non-hydrogen) atoms. The Labute approximate surface area is 189 Å². The van der Waals surface area contributed by atoms with Crippen molar-refractivity contribution in [3.63, 3.8) is 0 Å². The van der Waals surface area contributed by atoms with E-state index in [1.807, 2.05) is 66.7 Å². The van der Waals surface area contributed by atoms with Crippen molar-refractivity contribution in [2.75, 3.05) is 12.4 Å². The summed E-state index contributed by atoms with van der Waals surface area (Å²) in [7, 11) is 1.66. The van der Waals surface area contributed by atoms with Crippen LogP contribution < -0.4 is 10.1 Å². The largest absolute Gasteiger partial charge is 0.496 e. The van der Waals surface area contributed by atoms with E-state index in [1.165, 1.54) is 6.26 Å². The van der Waals surface area contributed by atoms with Gasteiger partial charge in [-0.15, -0.1) is 5.10 Å². The van der Waals surface area contributed by atoms with Crippen molar-refractivity contribution >= 4 is 11.9 Å². The van der Waals surface area contributed by atoms with E-state index in [0.717, 1.165) is 28.0 Å². The molecule has 0 unspecified atom stereocenters. The second kappa shape index (κ2) is 8.84. The molecule has 1 N–H and O–H groups in total. The molecule has 2 aromatic heterocycles. The highest BCUT2D eigenvalue weighted by atomic mass is 16.5. The lowest BCUT2D eigenvalue weighted by Gasteiger charge is -2.10. The molecule has 0 bridgehead atoms. The molecule has 0 aliphatic carbocycles. The van der Waals surface area contributed by atoms with Gasteiger partial charge in [0.25, 0.3) is 11.8 Å². The number of anilines is 1. The fourth-order valence-electron chi connectivity index (χ4n) is 3.51. The second-order valence-electron chi connectivity index (χ2n) is 7.20. The van der Waals surface area contributed by atoms with Crippen molar-refractivity contribution in [2.24, 2.45) is 0 Å². The van der Waals surface area contributed by atoms with Crippen molar-refractivity contribution in [2.45, 2.75) is 0 Å². The zero-order chi connectivity index (χ0) is 22.6. The maximum absolute atomic E-state index is 12.7. The number of aromatic nitrogens is 2. The van der Waals surface area contributed by atoms with Crippen LogP contribution in [-0.2, 0) is 0 Å². The van der Waals surface area contributed by atoms with E-state index in [0.29, 0.717) is 11.3 Å². The molecule has 7 nitrogen and oxygen atoms in total. The van der Waals surface area contributed by atoms with Crippen molar-refractivity contribution in [3.8, 4) is 39.7 Å². The molecule has 3 aromatic carbocycles. The average Bonchev–Trinajstić information content (AvgIpc) is 3.56. The number of hydrogen-bond donors (Lipinski definition) is 1. The number of methoxy groups -OCH3 is 1. The van der Waals surface area contributed by atoms with Gasteiger partial charge in [0.1, 0.15) is 5.75 Å². The molecule has 1 amide bonds. The van der Waals surface area contributed by atoms with Gasteiger partial charge in [-0.1, -0.05) is 59.7 Å². The first-order valence-electron chi connectivity index (χ1n) is 10.2. The number of ether oxygens (including phenoxy) is 1. The molecule has 162 valence electrons. The molecule has 0 aliphatic heterocycles. The lowest BCUT2D eigenvalue weighted by Crippen LogP contribution is -2.12. The smallest absolute Gasteiger partial charge is 0.322 e. The third kappa shape index (κ3) is 4.24. The van der Waals surface area contributed by atoms with E-state index < -0.39 is 0 Å². The number of benzene rings is 3. The Balaban J connectivity index is 1.34. The maximum Gasteiger partial charge on any atom is 0.322 e. The molecule has 0 radical (unpaired) electrons. The number of hydrogen-bond acceptors (Lipinski definition) is 6. The summed E-state index contributed by atoms with van der Waals surface area (Å²) in [5.74, 6) is 1.10. The zero-order valence-electron chi connectivity index (χ0n) is 17.7. The molecule has 5 aromatic rings. The van der Waals surface area contributed by atoms with Crippen LogP contribution in [0.1, 0.15) is 10.4 Å².